The third kappa shape index (κ3) is 4.77. The van der Waals surface area contributed by atoms with Crippen LogP contribution >= 0.6 is 11.6 Å². The number of Topliss-reactive ketones (excluding diaryl/α,β-unsaturated/α-hetero) is 1. The number of pyridine rings is 2. The van der Waals surface area contributed by atoms with Crippen molar-refractivity contribution >= 4 is 23.2 Å². The Morgan fingerprint density at radius 3 is 2.79 bits per heavy atom. The Morgan fingerprint density at radius 1 is 1.28 bits per heavy atom. The fourth-order valence-corrected chi connectivity index (χ4v) is 4.19. The molecule has 0 unspecified atom stereocenters. The summed E-state index contributed by atoms with van der Waals surface area (Å²) in [5.74, 6) is 0.875. The molecule has 2 atom stereocenters. The molecule has 0 bridgehead atoms. The second kappa shape index (κ2) is 8.78. The van der Waals surface area contributed by atoms with Crippen molar-refractivity contribution in [2.75, 3.05) is 24.6 Å². The molecule has 2 aromatic rings. The van der Waals surface area contributed by atoms with E-state index in [0.717, 1.165) is 48.6 Å². The van der Waals surface area contributed by atoms with Crippen molar-refractivity contribution in [3.63, 3.8) is 0 Å². The molecule has 0 amide bonds. The fourth-order valence-electron chi connectivity index (χ4n) is 4.07. The van der Waals surface area contributed by atoms with E-state index in [1.54, 1.807) is 18.3 Å². The monoisotopic (exact) mass is 415 g/mol. The average Bonchev–Trinajstić information content (AvgIpc) is 2.93. The number of hydrogen-bond donors (Lipinski definition) is 0. The summed E-state index contributed by atoms with van der Waals surface area (Å²) in [7, 11) is 0. The van der Waals surface area contributed by atoms with Crippen LogP contribution in [0.2, 0.25) is 5.02 Å². The van der Waals surface area contributed by atoms with Gasteiger partial charge in [0.15, 0.2) is 5.78 Å². The summed E-state index contributed by atoms with van der Waals surface area (Å²) in [5.41, 5.74) is 3.34. The van der Waals surface area contributed by atoms with Crippen molar-refractivity contribution in [1.29, 1.82) is 0 Å². The highest BCUT2D eigenvalue weighted by molar-refractivity contribution is 6.30. The molecule has 2 aliphatic rings. The summed E-state index contributed by atoms with van der Waals surface area (Å²) in [5, 5.41) is 0.564. The minimum absolute atomic E-state index is 0.0518. The van der Waals surface area contributed by atoms with Crippen molar-refractivity contribution in [3.05, 3.63) is 51.9 Å². The second-order valence-electron chi connectivity index (χ2n) is 7.84. The quantitative estimate of drug-likeness (QED) is 0.710. The SMILES string of the molecule is C[C@@H]1CN(c2cc(C(=O)Cc3ccc(Cl)cn3)c3c(n2)COCCC3)C[C@H](C)O1. The van der Waals surface area contributed by atoms with E-state index in [0.29, 0.717) is 23.9 Å². The van der Waals surface area contributed by atoms with Gasteiger partial charge in [-0.05, 0) is 50.5 Å². The van der Waals surface area contributed by atoms with Gasteiger partial charge < -0.3 is 14.4 Å². The first-order valence-corrected chi connectivity index (χ1v) is 10.5. The van der Waals surface area contributed by atoms with Crippen molar-refractivity contribution in [2.45, 2.75) is 51.9 Å². The number of nitrogens with zero attached hydrogens (tertiary/aromatic N) is 3. The number of hydrogen-bond acceptors (Lipinski definition) is 6. The standard InChI is InChI=1S/C22H26ClN3O3/c1-14-11-26(12-15(2)29-14)22-9-19(18-4-3-7-28-13-20(18)25-22)21(27)8-17-6-5-16(23)10-24-17/h5-6,9-10,14-15H,3-4,7-8,11-13H2,1-2H3/t14-,15+. The van der Waals surface area contributed by atoms with Crippen LogP contribution in [0.1, 0.15) is 47.6 Å². The highest BCUT2D eigenvalue weighted by Gasteiger charge is 2.27. The highest BCUT2D eigenvalue weighted by atomic mass is 35.5. The maximum absolute atomic E-state index is 13.3. The van der Waals surface area contributed by atoms with Crippen LogP contribution in [0.3, 0.4) is 0 Å². The predicted octanol–water partition coefficient (Wildman–Crippen LogP) is 3.63. The minimum Gasteiger partial charge on any atom is -0.375 e. The number of anilines is 1. The van der Waals surface area contributed by atoms with Crippen LogP contribution in [0.15, 0.2) is 24.4 Å². The van der Waals surface area contributed by atoms with Gasteiger partial charge in [-0.1, -0.05) is 11.6 Å². The summed E-state index contributed by atoms with van der Waals surface area (Å²) in [6.45, 7) is 6.76. The Balaban J connectivity index is 1.68. The van der Waals surface area contributed by atoms with Crippen LogP contribution in [0.4, 0.5) is 5.82 Å². The molecular formula is C22H26ClN3O3. The van der Waals surface area contributed by atoms with Gasteiger partial charge in [0.05, 0.1) is 36.0 Å². The van der Waals surface area contributed by atoms with Crippen LogP contribution in [-0.2, 0) is 28.9 Å². The zero-order chi connectivity index (χ0) is 20.4. The Bertz CT molecular complexity index is 878. The molecule has 0 spiro atoms. The van der Waals surface area contributed by atoms with E-state index in [9.17, 15) is 4.79 Å². The van der Waals surface area contributed by atoms with Gasteiger partial charge in [-0.2, -0.15) is 0 Å². The summed E-state index contributed by atoms with van der Waals surface area (Å²) in [6, 6.07) is 5.52. The smallest absolute Gasteiger partial charge is 0.169 e. The predicted molar refractivity (Wildman–Crippen MR) is 112 cm³/mol. The van der Waals surface area contributed by atoms with E-state index in [4.69, 9.17) is 26.1 Å². The molecule has 1 saturated heterocycles. The van der Waals surface area contributed by atoms with Crippen LogP contribution < -0.4 is 4.90 Å². The highest BCUT2D eigenvalue weighted by Crippen LogP contribution is 2.27. The number of ketones is 1. The molecule has 2 aromatic heterocycles. The van der Waals surface area contributed by atoms with E-state index in [-0.39, 0.29) is 24.4 Å². The Morgan fingerprint density at radius 2 is 2.07 bits per heavy atom. The number of ether oxygens (including phenoxy) is 2. The first-order valence-electron chi connectivity index (χ1n) is 10.1. The number of fused-ring (bicyclic) bond motifs is 1. The van der Waals surface area contributed by atoms with E-state index < -0.39 is 0 Å². The van der Waals surface area contributed by atoms with Crippen LogP contribution in [-0.4, -0.2) is 47.7 Å². The first-order chi connectivity index (χ1) is 14.0. The summed E-state index contributed by atoms with van der Waals surface area (Å²) in [6.07, 6.45) is 3.74. The molecule has 0 saturated carbocycles. The maximum Gasteiger partial charge on any atom is 0.169 e. The van der Waals surface area contributed by atoms with Crippen LogP contribution in [0.5, 0.6) is 0 Å². The largest absolute Gasteiger partial charge is 0.375 e. The topological polar surface area (TPSA) is 64.6 Å². The normalized spacial score (nSPS) is 22.1. The Labute approximate surface area is 176 Å². The van der Waals surface area contributed by atoms with Crippen molar-refractivity contribution in [1.82, 2.24) is 9.97 Å². The third-order valence-electron chi connectivity index (χ3n) is 5.32. The van der Waals surface area contributed by atoms with Gasteiger partial charge in [-0.15, -0.1) is 0 Å². The number of carbonyl (C=O) groups is 1. The molecule has 6 nitrogen and oxygen atoms in total. The van der Waals surface area contributed by atoms with Gasteiger partial charge >= 0.3 is 0 Å². The number of rotatable bonds is 4. The molecule has 0 aromatic carbocycles. The number of carbonyl (C=O) groups excluding carboxylic acids is 1. The fraction of sp³-hybridized carbons (Fsp3) is 0.500. The van der Waals surface area contributed by atoms with Gasteiger partial charge in [0, 0.05) is 37.2 Å². The van der Waals surface area contributed by atoms with Crippen molar-refractivity contribution in [2.24, 2.45) is 0 Å². The first kappa shape index (κ1) is 20.3. The lowest BCUT2D eigenvalue weighted by molar-refractivity contribution is -0.00548. The lowest BCUT2D eigenvalue weighted by Crippen LogP contribution is -2.46. The third-order valence-corrected chi connectivity index (χ3v) is 5.55. The lowest BCUT2D eigenvalue weighted by atomic mass is 9.96. The van der Waals surface area contributed by atoms with Gasteiger partial charge in [0.25, 0.3) is 0 Å². The van der Waals surface area contributed by atoms with Crippen molar-refractivity contribution < 1.29 is 14.3 Å². The Hall–Kier alpha value is -2.02. The van der Waals surface area contributed by atoms with Gasteiger partial charge in [0.2, 0.25) is 0 Å². The minimum atomic E-state index is 0.0518. The molecule has 0 radical (unpaired) electrons. The zero-order valence-corrected chi connectivity index (χ0v) is 17.6. The number of aromatic nitrogens is 2. The molecule has 4 heterocycles. The molecule has 4 rings (SSSR count). The molecule has 1 fully saturated rings. The summed E-state index contributed by atoms with van der Waals surface area (Å²) in [4.78, 5) is 24.6. The van der Waals surface area contributed by atoms with Gasteiger partial charge in [-0.25, -0.2) is 4.98 Å². The van der Waals surface area contributed by atoms with Crippen LogP contribution in [0, 0.1) is 0 Å². The molecule has 0 N–H and O–H groups in total. The lowest BCUT2D eigenvalue weighted by Gasteiger charge is -2.36. The number of morpholine rings is 1. The molecular weight excluding hydrogens is 390 g/mol. The second-order valence-corrected chi connectivity index (χ2v) is 8.28. The van der Waals surface area contributed by atoms with Gasteiger partial charge in [0.1, 0.15) is 5.82 Å². The number of halogens is 1. The maximum atomic E-state index is 13.3. The molecule has 2 aliphatic heterocycles. The molecule has 29 heavy (non-hydrogen) atoms. The summed E-state index contributed by atoms with van der Waals surface area (Å²) < 4.78 is 11.6. The molecule has 0 aliphatic carbocycles. The zero-order valence-electron chi connectivity index (χ0n) is 16.9. The molecule has 154 valence electrons. The van der Waals surface area contributed by atoms with E-state index >= 15 is 0 Å². The van der Waals surface area contributed by atoms with Crippen LogP contribution in [0.25, 0.3) is 0 Å². The molecule has 7 heteroatoms. The van der Waals surface area contributed by atoms with Gasteiger partial charge in [-0.3, -0.25) is 9.78 Å². The average molecular weight is 416 g/mol. The Kier molecular flexibility index (Phi) is 6.13. The van der Waals surface area contributed by atoms with E-state index in [1.807, 2.05) is 6.07 Å². The van der Waals surface area contributed by atoms with E-state index in [2.05, 4.69) is 23.7 Å². The van der Waals surface area contributed by atoms with Crippen molar-refractivity contribution in [3.8, 4) is 0 Å². The van der Waals surface area contributed by atoms with E-state index in [1.165, 1.54) is 0 Å². The summed E-state index contributed by atoms with van der Waals surface area (Å²) >= 11 is 5.92.